The highest BCUT2D eigenvalue weighted by atomic mass is 19.3. The summed E-state index contributed by atoms with van der Waals surface area (Å²) in [5.41, 5.74) is 1.20. The van der Waals surface area contributed by atoms with Crippen LogP contribution >= 0.6 is 0 Å². The summed E-state index contributed by atoms with van der Waals surface area (Å²) in [5, 5.41) is 10.8. The lowest BCUT2D eigenvalue weighted by atomic mass is 10.2. The smallest absolute Gasteiger partial charge is 0.318 e. The van der Waals surface area contributed by atoms with Crippen molar-refractivity contribution in [3.63, 3.8) is 0 Å². The second-order valence-corrected chi connectivity index (χ2v) is 5.82. The van der Waals surface area contributed by atoms with E-state index in [1.807, 2.05) is 13.8 Å². The van der Waals surface area contributed by atoms with E-state index in [2.05, 4.69) is 15.5 Å². The SMILES string of the molecule is CC(C)c1nnc2ccc(NC(=O)N3CCC(F)(F)C3)cn12. The Hall–Kier alpha value is -2.25. The Morgan fingerprint density at radius 3 is 2.77 bits per heavy atom. The van der Waals surface area contributed by atoms with Crippen LogP contribution in [0.5, 0.6) is 0 Å². The Labute approximate surface area is 126 Å². The van der Waals surface area contributed by atoms with Crippen LogP contribution in [-0.4, -0.2) is 44.5 Å². The number of aromatic nitrogens is 3. The van der Waals surface area contributed by atoms with Gasteiger partial charge in [-0.05, 0) is 12.1 Å². The molecule has 118 valence electrons. The van der Waals surface area contributed by atoms with Crippen molar-refractivity contribution in [1.29, 1.82) is 0 Å². The molecule has 0 aromatic carbocycles. The van der Waals surface area contributed by atoms with E-state index in [0.29, 0.717) is 11.3 Å². The van der Waals surface area contributed by atoms with E-state index in [1.54, 1.807) is 22.7 Å². The molecule has 6 nitrogen and oxygen atoms in total. The number of carbonyl (C=O) groups excluding carboxylic acids is 1. The molecule has 0 saturated carbocycles. The molecule has 2 aromatic rings. The third kappa shape index (κ3) is 2.72. The van der Waals surface area contributed by atoms with E-state index in [-0.39, 0.29) is 18.9 Å². The first-order valence-corrected chi connectivity index (χ1v) is 7.14. The molecule has 1 aliphatic heterocycles. The van der Waals surface area contributed by atoms with Crippen molar-refractivity contribution < 1.29 is 13.6 Å². The van der Waals surface area contributed by atoms with Crippen molar-refractivity contribution in [2.24, 2.45) is 0 Å². The van der Waals surface area contributed by atoms with Gasteiger partial charge in [-0.3, -0.25) is 4.40 Å². The number of hydrogen-bond donors (Lipinski definition) is 1. The minimum atomic E-state index is -2.79. The summed E-state index contributed by atoms with van der Waals surface area (Å²) in [5.74, 6) is -1.84. The van der Waals surface area contributed by atoms with Crippen LogP contribution in [0.15, 0.2) is 18.3 Å². The predicted molar refractivity (Wildman–Crippen MR) is 77.2 cm³/mol. The van der Waals surface area contributed by atoms with Crippen LogP contribution in [0.2, 0.25) is 0 Å². The molecule has 3 heterocycles. The molecule has 0 spiro atoms. The first kappa shape index (κ1) is 14.7. The highest BCUT2D eigenvalue weighted by molar-refractivity contribution is 5.89. The van der Waals surface area contributed by atoms with Gasteiger partial charge in [0.15, 0.2) is 5.65 Å². The molecule has 0 radical (unpaired) electrons. The van der Waals surface area contributed by atoms with Crippen molar-refractivity contribution in [2.45, 2.75) is 32.1 Å². The lowest BCUT2D eigenvalue weighted by molar-refractivity contribution is 0.0159. The van der Waals surface area contributed by atoms with Gasteiger partial charge in [0.05, 0.1) is 12.2 Å². The quantitative estimate of drug-likeness (QED) is 0.928. The Morgan fingerprint density at radius 2 is 2.14 bits per heavy atom. The van der Waals surface area contributed by atoms with E-state index in [4.69, 9.17) is 0 Å². The number of alkyl halides is 2. The third-order valence-electron chi connectivity index (χ3n) is 3.65. The summed E-state index contributed by atoms with van der Waals surface area (Å²) in [6, 6.07) is 2.89. The summed E-state index contributed by atoms with van der Waals surface area (Å²) in [6.45, 7) is 3.51. The van der Waals surface area contributed by atoms with Gasteiger partial charge in [0.1, 0.15) is 5.82 Å². The summed E-state index contributed by atoms with van der Waals surface area (Å²) >= 11 is 0. The third-order valence-corrected chi connectivity index (χ3v) is 3.65. The molecule has 0 unspecified atom stereocenters. The van der Waals surface area contributed by atoms with E-state index in [9.17, 15) is 13.6 Å². The number of nitrogens with zero attached hydrogens (tertiary/aromatic N) is 4. The van der Waals surface area contributed by atoms with Crippen LogP contribution in [0, 0.1) is 0 Å². The molecule has 8 heteroatoms. The highest BCUT2D eigenvalue weighted by Crippen LogP contribution is 2.27. The van der Waals surface area contributed by atoms with Crippen molar-refractivity contribution in [2.75, 3.05) is 18.4 Å². The minimum Gasteiger partial charge on any atom is -0.318 e. The van der Waals surface area contributed by atoms with Crippen molar-refractivity contribution in [3.05, 3.63) is 24.2 Å². The number of urea groups is 1. The fourth-order valence-electron chi connectivity index (χ4n) is 2.49. The van der Waals surface area contributed by atoms with Gasteiger partial charge in [0, 0.05) is 25.1 Å². The van der Waals surface area contributed by atoms with E-state index < -0.39 is 18.5 Å². The fraction of sp³-hybridized carbons (Fsp3) is 0.500. The Kier molecular flexibility index (Phi) is 3.46. The maximum atomic E-state index is 13.2. The largest absolute Gasteiger partial charge is 0.322 e. The highest BCUT2D eigenvalue weighted by Gasteiger charge is 2.40. The summed E-state index contributed by atoms with van der Waals surface area (Å²) in [6.07, 6.45) is 1.42. The Morgan fingerprint density at radius 1 is 1.36 bits per heavy atom. The maximum Gasteiger partial charge on any atom is 0.322 e. The minimum absolute atomic E-state index is 0.0605. The number of rotatable bonds is 2. The van der Waals surface area contributed by atoms with Crippen LogP contribution in [0.25, 0.3) is 5.65 Å². The molecule has 1 saturated heterocycles. The number of pyridine rings is 1. The molecule has 1 N–H and O–H groups in total. The van der Waals surface area contributed by atoms with Gasteiger partial charge >= 0.3 is 6.03 Å². The summed E-state index contributed by atoms with van der Waals surface area (Å²) < 4.78 is 28.1. The number of hydrogen-bond acceptors (Lipinski definition) is 3. The van der Waals surface area contributed by atoms with Gasteiger partial charge in [-0.2, -0.15) is 0 Å². The fourth-order valence-corrected chi connectivity index (χ4v) is 2.49. The lowest BCUT2D eigenvalue weighted by Gasteiger charge is -2.17. The average Bonchev–Trinajstić information content (AvgIpc) is 3.01. The van der Waals surface area contributed by atoms with Crippen molar-refractivity contribution in [1.82, 2.24) is 19.5 Å². The molecular weight excluding hydrogens is 292 g/mol. The molecule has 0 bridgehead atoms. The molecule has 22 heavy (non-hydrogen) atoms. The van der Waals surface area contributed by atoms with Gasteiger partial charge in [-0.25, -0.2) is 13.6 Å². The molecule has 1 aliphatic rings. The first-order chi connectivity index (χ1) is 10.4. The average molecular weight is 309 g/mol. The van der Waals surface area contributed by atoms with Gasteiger partial charge in [-0.1, -0.05) is 13.8 Å². The normalized spacial score (nSPS) is 17.4. The number of carbonyl (C=O) groups is 1. The number of anilines is 1. The van der Waals surface area contributed by atoms with Crippen LogP contribution < -0.4 is 5.32 Å². The van der Waals surface area contributed by atoms with E-state index in [0.717, 1.165) is 10.7 Å². The van der Waals surface area contributed by atoms with E-state index in [1.165, 1.54) is 0 Å². The zero-order valence-corrected chi connectivity index (χ0v) is 12.4. The molecule has 3 rings (SSSR count). The van der Waals surface area contributed by atoms with Crippen LogP contribution in [0.1, 0.15) is 32.0 Å². The van der Waals surface area contributed by atoms with Crippen LogP contribution in [0.3, 0.4) is 0 Å². The van der Waals surface area contributed by atoms with Gasteiger partial charge in [0.25, 0.3) is 5.92 Å². The molecule has 2 aromatic heterocycles. The molecule has 2 amide bonds. The zero-order chi connectivity index (χ0) is 15.9. The molecule has 1 fully saturated rings. The number of halogens is 2. The topological polar surface area (TPSA) is 62.5 Å². The van der Waals surface area contributed by atoms with E-state index >= 15 is 0 Å². The molecule has 0 atom stereocenters. The Bertz CT molecular complexity index is 712. The number of nitrogens with one attached hydrogen (secondary N) is 1. The van der Waals surface area contributed by atoms with Crippen LogP contribution in [0.4, 0.5) is 19.3 Å². The van der Waals surface area contributed by atoms with Gasteiger partial charge < -0.3 is 10.2 Å². The number of likely N-dealkylation sites (tertiary alicyclic amines) is 1. The second kappa shape index (κ2) is 5.19. The maximum absolute atomic E-state index is 13.2. The number of amides is 2. The van der Waals surface area contributed by atoms with Gasteiger partial charge in [0.2, 0.25) is 0 Å². The summed E-state index contributed by atoms with van der Waals surface area (Å²) in [4.78, 5) is 13.2. The standard InChI is InChI=1S/C14H17F2N5O/c1-9(2)12-19-18-11-4-3-10(7-21(11)12)17-13(22)20-6-5-14(15,16)8-20/h3-4,7,9H,5-6,8H2,1-2H3,(H,17,22). The van der Waals surface area contributed by atoms with Gasteiger partial charge in [-0.15, -0.1) is 10.2 Å². The summed E-state index contributed by atoms with van der Waals surface area (Å²) in [7, 11) is 0. The predicted octanol–water partition coefficient (Wildman–Crippen LogP) is 2.73. The zero-order valence-electron chi connectivity index (χ0n) is 12.4. The first-order valence-electron chi connectivity index (χ1n) is 7.14. The molecule has 0 aliphatic carbocycles. The Balaban J connectivity index is 1.79. The number of fused-ring (bicyclic) bond motifs is 1. The monoisotopic (exact) mass is 309 g/mol. The second-order valence-electron chi connectivity index (χ2n) is 5.82. The molecular formula is C14H17F2N5O. The van der Waals surface area contributed by atoms with Crippen molar-refractivity contribution >= 4 is 17.4 Å². The van der Waals surface area contributed by atoms with Crippen LogP contribution in [-0.2, 0) is 0 Å². The van der Waals surface area contributed by atoms with Crippen molar-refractivity contribution in [3.8, 4) is 0 Å². The lowest BCUT2D eigenvalue weighted by Crippen LogP contribution is -2.34.